The minimum absolute atomic E-state index is 0.506. The summed E-state index contributed by atoms with van der Waals surface area (Å²) in [4.78, 5) is 14.3. The van der Waals surface area contributed by atoms with Gasteiger partial charge < -0.3 is 0 Å². The second kappa shape index (κ2) is 3.11. The van der Waals surface area contributed by atoms with Crippen LogP contribution in [0.4, 0.5) is 0 Å². The minimum Gasteiger partial charge on any atom is -0.296 e. The van der Waals surface area contributed by atoms with Gasteiger partial charge in [0.25, 0.3) is 0 Å². The molecule has 1 aliphatic heterocycles. The molecule has 0 amide bonds. The monoisotopic (exact) mass is 135 g/mol. The van der Waals surface area contributed by atoms with Crippen LogP contribution in [-0.2, 0) is 4.79 Å². The molecule has 0 aliphatic carbocycles. The molecule has 0 atom stereocenters. The van der Waals surface area contributed by atoms with E-state index in [1.807, 2.05) is 19.1 Å². The zero-order valence-corrected chi connectivity index (χ0v) is 5.87. The third kappa shape index (κ3) is 1.65. The van der Waals surface area contributed by atoms with Gasteiger partial charge in [0.05, 0.1) is 0 Å². The molecule has 10 heavy (non-hydrogen) atoms. The maximum absolute atomic E-state index is 10.2. The van der Waals surface area contributed by atoms with E-state index in [1.54, 1.807) is 6.08 Å². The zero-order valence-electron chi connectivity index (χ0n) is 5.87. The van der Waals surface area contributed by atoms with Gasteiger partial charge in [-0.1, -0.05) is 12.2 Å². The van der Waals surface area contributed by atoms with Gasteiger partial charge in [0, 0.05) is 12.1 Å². The molecule has 1 rings (SSSR count). The van der Waals surface area contributed by atoms with Gasteiger partial charge in [-0.3, -0.25) is 9.79 Å². The van der Waals surface area contributed by atoms with E-state index in [4.69, 9.17) is 0 Å². The van der Waals surface area contributed by atoms with Crippen LogP contribution in [0, 0.1) is 0 Å². The molecule has 0 unspecified atom stereocenters. The van der Waals surface area contributed by atoms with Gasteiger partial charge in [-0.05, 0) is 13.0 Å². The Morgan fingerprint density at radius 3 is 3.20 bits per heavy atom. The van der Waals surface area contributed by atoms with Gasteiger partial charge in [-0.15, -0.1) is 0 Å². The van der Waals surface area contributed by atoms with Crippen LogP contribution in [0.3, 0.4) is 0 Å². The van der Waals surface area contributed by atoms with Gasteiger partial charge in [-0.25, -0.2) is 0 Å². The van der Waals surface area contributed by atoms with Gasteiger partial charge >= 0.3 is 0 Å². The minimum atomic E-state index is 0.506. The fourth-order valence-corrected chi connectivity index (χ4v) is 0.774. The number of carbonyl (C=O) groups excluding carboxylic acids is 1. The van der Waals surface area contributed by atoms with Crippen molar-refractivity contribution in [2.24, 2.45) is 4.99 Å². The summed E-state index contributed by atoms with van der Waals surface area (Å²) in [7, 11) is 0. The maximum Gasteiger partial charge on any atom is 0.168 e. The predicted octanol–water partition coefficient (Wildman–Crippen LogP) is 1.49. The normalized spacial score (nSPS) is 17.3. The van der Waals surface area contributed by atoms with E-state index >= 15 is 0 Å². The summed E-state index contributed by atoms with van der Waals surface area (Å²) in [6.07, 6.45) is 7.15. The summed E-state index contributed by atoms with van der Waals surface area (Å²) in [6.45, 7) is 1.91. The Hall–Kier alpha value is -1.18. The number of hydrogen-bond donors (Lipinski definition) is 0. The fourth-order valence-electron chi connectivity index (χ4n) is 0.774. The molecule has 2 heteroatoms. The largest absolute Gasteiger partial charge is 0.296 e. The van der Waals surface area contributed by atoms with Crippen molar-refractivity contribution in [1.82, 2.24) is 0 Å². The van der Waals surface area contributed by atoms with Gasteiger partial charge in [0.2, 0.25) is 0 Å². The zero-order chi connectivity index (χ0) is 7.40. The van der Waals surface area contributed by atoms with Gasteiger partial charge in [0.15, 0.2) is 6.29 Å². The van der Waals surface area contributed by atoms with E-state index in [0.29, 0.717) is 5.70 Å². The molecule has 2 nitrogen and oxygen atoms in total. The first kappa shape index (κ1) is 6.93. The van der Waals surface area contributed by atoms with Crippen LogP contribution in [-0.4, -0.2) is 12.0 Å². The molecule has 0 aromatic heterocycles. The lowest BCUT2D eigenvalue weighted by atomic mass is 10.3. The molecule has 0 radical (unpaired) electrons. The predicted molar refractivity (Wildman–Crippen MR) is 41.0 cm³/mol. The summed E-state index contributed by atoms with van der Waals surface area (Å²) in [5.41, 5.74) is 1.48. The van der Waals surface area contributed by atoms with Crippen molar-refractivity contribution >= 4 is 12.0 Å². The number of rotatable bonds is 1. The standard InChI is InChI=1S/C8H9NO/c1-7-4-2-3-5-8(6-10)9-7/h2-3,5-6H,4H2,1H3. The van der Waals surface area contributed by atoms with Crippen LogP contribution in [0.5, 0.6) is 0 Å². The topological polar surface area (TPSA) is 29.4 Å². The highest BCUT2D eigenvalue weighted by atomic mass is 16.1. The highest BCUT2D eigenvalue weighted by Crippen LogP contribution is 2.02. The molecule has 1 heterocycles. The molecule has 0 saturated heterocycles. The van der Waals surface area contributed by atoms with Crippen molar-refractivity contribution < 1.29 is 4.79 Å². The molecule has 0 fully saturated rings. The molecular formula is C8H9NO. The summed E-state index contributed by atoms with van der Waals surface area (Å²) in [5, 5.41) is 0. The van der Waals surface area contributed by atoms with Crippen LogP contribution in [0.1, 0.15) is 13.3 Å². The Labute approximate surface area is 60.0 Å². The summed E-state index contributed by atoms with van der Waals surface area (Å²) < 4.78 is 0. The molecule has 0 bridgehead atoms. The molecule has 0 spiro atoms. The molecule has 1 aliphatic rings. The first-order valence-corrected chi connectivity index (χ1v) is 3.19. The van der Waals surface area contributed by atoms with E-state index in [-0.39, 0.29) is 0 Å². The Balaban J connectivity index is 2.88. The Kier molecular flexibility index (Phi) is 2.15. The van der Waals surface area contributed by atoms with Gasteiger partial charge in [-0.2, -0.15) is 0 Å². The molecule has 52 valence electrons. The number of hydrogen-bond acceptors (Lipinski definition) is 2. The molecule has 0 aromatic rings. The Bertz CT molecular complexity index is 223. The van der Waals surface area contributed by atoms with Crippen molar-refractivity contribution in [3.8, 4) is 0 Å². The van der Waals surface area contributed by atoms with Gasteiger partial charge in [0.1, 0.15) is 5.70 Å². The smallest absolute Gasteiger partial charge is 0.168 e. The first-order valence-electron chi connectivity index (χ1n) is 3.19. The molecule has 0 saturated carbocycles. The second-order valence-electron chi connectivity index (χ2n) is 2.19. The van der Waals surface area contributed by atoms with Crippen LogP contribution in [0.15, 0.2) is 28.9 Å². The Morgan fingerprint density at radius 1 is 1.70 bits per heavy atom. The average molecular weight is 135 g/mol. The van der Waals surface area contributed by atoms with E-state index < -0.39 is 0 Å². The summed E-state index contributed by atoms with van der Waals surface area (Å²) in [5.74, 6) is 0. The number of allylic oxidation sites excluding steroid dienone is 4. The number of carbonyl (C=O) groups is 1. The third-order valence-electron chi connectivity index (χ3n) is 1.26. The summed E-state index contributed by atoms with van der Waals surface area (Å²) >= 11 is 0. The Morgan fingerprint density at radius 2 is 2.50 bits per heavy atom. The van der Waals surface area contributed by atoms with Crippen molar-refractivity contribution in [2.75, 3.05) is 0 Å². The van der Waals surface area contributed by atoms with Crippen molar-refractivity contribution in [3.63, 3.8) is 0 Å². The number of aldehydes is 1. The highest BCUT2D eigenvalue weighted by molar-refractivity contribution is 5.89. The lowest BCUT2D eigenvalue weighted by Crippen LogP contribution is -1.88. The fraction of sp³-hybridized carbons (Fsp3) is 0.250. The third-order valence-corrected chi connectivity index (χ3v) is 1.26. The lowest BCUT2D eigenvalue weighted by molar-refractivity contribution is -0.104. The molecular weight excluding hydrogens is 126 g/mol. The SMILES string of the molecule is CC1=NC(C=O)=CC=CC1. The van der Waals surface area contributed by atoms with Crippen molar-refractivity contribution in [3.05, 3.63) is 23.9 Å². The molecule has 0 N–H and O–H groups in total. The van der Waals surface area contributed by atoms with Crippen LogP contribution < -0.4 is 0 Å². The summed E-state index contributed by atoms with van der Waals surface area (Å²) in [6, 6.07) is 0. The quantitative estimate of drug-likeness (QED) is 0.501. The van der Waals surface area contributed by atoms with E-state index in [0.717, 1.165) is 18.4 Å². The van der Waals surface area contributed by atoms with Crippen LogP contribution in [0.2, 0.25) is 0 Å². The van der Waals surface area contributed by atoms with Crippen molar-refractivity contribution in [2.45, 2.75) is 13.3 Å². The highest BCUT2D eigenvalue weighted by Gasteiger charge is 1.94. The number of nitrogens with zero attached hydrogens (tertiary/aromatic N) is 1. The first-order chi connectivity index (χ1) is 4.83. The average Bonchev–Trinajstić information content (AvgIpc) is 2.13. The molecule has 0 aromatic carbocycles. The van der Waals surface area contributed by atoms with Crippen molar-refractivity contribution in [1.29, 1.82) is 0 Å². The van der Waals surface area contributed by atoms with E-state index in [2.05, 4.69) is 4.99 Å². The van der Waals surface area contributed by atoms with E-state index in [9.17, 15) is 4.79 Å². The number of aliphatic imine (C=N–C) groups is 1. The maximum atomic E-state index is 10.2. The van der Waals surface area contributed by atoms with Crippen LogP contribution >= 0.6 is 0 Å². The van der Waals surface area contributed by atoms with Crippen LogP contribution in [0.25, 0.3) is 0 Å². The second-order valence-corrected chi connectivity index (χ2v) is 2.19. The lowest BCUT2D eigenvalue weighted by Gasteiger charge is -1.90. The van der Waals surface area contributed by atoms with E-state index in [1.165, 1.54) is 0 Å².